The van der Waals surface area contributed by atoms with Crippen molar-refractivity contribution in [2.75, 3.05) is 7.11 Å². The van der Waals surface area contributed by atoms with Gasteiger partial charge in [-0.1, -0.05) is 27.5 Å². The Labute approximate surface area is 153 Å². The molecule has 1 N–H and O–H groups in total. The normalized spacial score (nSPS) is 12.0. The summed E-state index contributed by atoms with van der Waals surface area (Å²) < 4.78 is 11.6. The summed E-state index contributed by atoms with van der Waals surface area (Å²) in [4.78, 5) is 12.0. The number of amides is 1. The fourth-order valence-corrected chi connectivity index (χ4v) is 2.34. The molecular formula is C17H16BrClN2O3. The van der Waals surface area contributed by atoms with Gasteiger partial charge in [0, 0.05) is 15.1 Å². The van der Waals surface area contributed by atoms with Crippen molar-refractivity contribution in [2.24, 2.45) is 5.10 Å². The molecule has 0 unspecified atom stereocenters. The van der Waals surface area contributed by atoms with E-state index in [1.54, 1.807) is 44.4 Å². The number of rotatable bonds is 6. The maximum Gasteiger partial charge on any atom is 0.280 e. The predicted octanol–water partition coefficient (Wildman–Crippen LogP) is 4.03. The van der Waals surface area contributed by atoms with Crippen molar-refractivity contribution in [3.05, 3.63) is 57.5 Å². The monoisotopic (exact) mass is 410 g/mol. The first-order valence-corrected chi connectivity index (χ1v) is 8.25. The number of carbonyl (C=O) groups is 1. The lowest BCUT2D eigenvalue weighted by atomic mass is 10.2. The molecule has 0 aliphatic rings. The van der Waals surface area contributed by atoms with Crippen LogP contribution in [-0.2, 0) is 4.79 Å². The van der Waals surface area contributed by atoms with Crippen molar-refractivity contribution in [1.29, 1.82) is 0 Å². The summed E-state index contributed by atoms with van der Waals surface area (Å²) in [5, 5.41) is 4.55. The highest BCUT2D eigenvalue weighted by Gasteiger charge is 2.13. The first-order valence-electron chi connectivity index (χ1n) is 7.08. The van der Waals surface area contributed by atoms with Gasteiger partial charge in [-0.25, -0.2) is 5.43 Å². The van der Waals surface area contributed by atoms with E-state index in [0.29, 0.717) is 16.5 Å². The van der Waals surface area contributed by atoms with E-state index in [1.807, 2.05) is 12.1 Å². The molecule has 0 saturated carbocycles. The number of methoxy groups -OCH3 is 1. The second-order valence-corrected chi connectivity index (χ2v) is 6.19. The first-order chi connectivity index (χ1) is 11.5. The number of hydrogen-bond donors (Lipinski definition) is 1. The van der Waals surface area contributed by atoms with E-state index in [4.69, 9.17) is 21.1 Å². The quantitative estimate of drug-likeness (QED) is 0.577. The lowest BCUT2D eigenvalue weighted by Crippen LogP contribution is -2.33. The second-order valence-electron chi connectivity index (χ2n) is 4.83. The number of ether oxygens (including phenoxy) is 2. The van der Waals surface area contributed by atoms with Gasteiger partial charge in [-0.15, -0.1) is 0 Å². The molecule has 0 bridgehead atoms. The van der Waals surface area contributed by atoms with E-state index in [9.17, 15) is 4.79 Å². The maximum atomic E-state index is 12.0. The van der Waals surface area contributed by atoms with E-state index in [0.717, 1.165) is 10.0 Å². The summed E-state index contributed by atoms with van der Waals surface area (Å²) in [6.45, 7) is 1.64. The van der Waals surface area contributed by atoms with Gasteiger partial charge in [0.05, 0.1) is 13.3 Å². The smallest absolute Gasteiger partial charge is 0.280 e. The molecule has 0 radical (unpaired) electrons. The molecule has 0 saturated heterocycles. The van der Waals surface area contributed by atoms with Gasteiger partial charge in [-0.05, 0) is 49.4 Å². The average Bonchev–Trinajstić information content (AvgIpc) is 2.57. The van der Waals surface area contributed by atoms with E-state index in [1.165, 1.54) is 6.21 Å². The van der Waals surface area contributed by atoms with Gasteiger partial charge in [0.25, 0.3) is 5.91 Å². The molecule has 5 nitrogen and oxygen atoms in total. The molecule has 7 heteroatoms. The summed E-state index contributed by atoms with van der Waals surface area (Å²) in [5.74, 6) is 0.844. The number of hydrogen-bond acceptors (Lipinski definition) is 4. The van der Waals surface area contributed by atoms with Gasteiger partial charge in [0.15, 0.2) is 6.10 Å². The number of nitrogens with one attached hydrogen (secondary N) is 1. The third kappa shape index (κ3) is 5.25. The van der Waals surface area contributed by atoms with E-state index in [-0.39, 0.29) is 5.91 Å². The Morgan fingerprint density at radius 2 is 2.00 bits per heavy atom. The molecule has 1 amide bonds. The summed E-state index contributed by atoms with van der Waals surface area (Å²) in [6, 6.07) is 12.3. The van der Waals surface area contributed by atoms with Crippen LogP contribution in [0.4, 0.5) is 0 Å². The third-order valence-corrected chi connectivity index (χ3v) is 3.81. The van der Waals surface area contributed by atoms with E-state index < -0.39 is 6.10 Å². The first kappa shape index (κ1) is 18.3. The van der Waals surface area contributed by atoms with Crippen LogP contribution in [0.3, 0.4) is 0 Å². The molecule has 2 rings (SSSR count). The Kier molecular flexibility index (Phi) is 6.63. The van der Waals surface area contributed by atoms with Gasteiger partial charge >= 0.3 is 0 Å². The van der Waals surface area contributed by atoms with Crippen LogP contribution in [-0.4, -0.2) is 25.3 Å². The number of benzene rings is 2. The van der Waals surface area contributed by atoms with Crippen LogP contribution >= 0.6 is 27.5 Å². The minimum Gasteiger partial charge on any atom is -0.496 e. The van der Waals surface area contributed by atoms with Gasteiger partial charge < -0.3 is 9.47 Å². The van der Waals surface area contributed by atoms with Crippen molar-refractivity contribution >= 4 is 39.7 Å². The zero-order chi connectivity index (χ0) is 17.5. The van der Waals surface area contributed by atoms with Gasteiger partial charge in [-0.2, -0.15) is 5.10 Å². The number of carbonyl (C=O) groups excluding carboxylic acids is 1. The fraction of sp³-hybridized carbons (Fsp3) is 0.176. The zero-order valence-electron chi connectivity index (χ0n) is 13.1. The lowest BCUT2D eigenvalue weighted by Gasteiger charge is -2.12. The minimum absolute atomic E-state index is 0.366. The molecule has 0 fully saturated rings. The van der Waals surface area contributed by atoms with Crippen LogP contribution in [0, 0.1) is 0 Å². The van der Waals surface area contributed by atoms with E-state index >= 15 is 0 Å². The molecule has 1 atom stereocenters. The molecule has 0 heterocycles. The maximum absolute atomic E-state index is 12.0. The lowest BCUT2D eigenvalue weighted by molar-refractivity contribution is -0.127. The van der Waals surface area contributed by atoms with Crippen molar-refractivity contribution in [3.8, 4) is 11.5 Å². The molecule has 126 valence electrons. The van der Waals surface area contributed by atoms with E-state index in [2.05, 4.69) is 26.5 Å². The molecular weight excluding hydrogens is 396 g/mol. The fourth-order valence-electron chi connectivity index (χ4n) is 1.83. The summed E-state index contributed by atoms with van der Waals surface area (Å²) in [5.41, 5.74) is 3.18. The molecule has 2 aromatic rings. The van der Waals surface area contributed by atoms with Gasteiger partial charge in [-0.3, -0.25) is 4.79 Å². The molecule has 0 spiro atoms. The third-order valence-electron chi connectivity index (χ3n) is 3.07. The number of nitrogens with zero attached hydrogens (tertiary/aromatic N) is 1. The van der Waals surface area contributed by atoms with Crippen molar-refractivity contribution in [1.82, 2.24) is 5.43 Å². The summed E-state index contributed by atoms with van der Waals surface area (Å²) in [7, 11) is 1.57. The van der Waals surface area contributed by atoms with Crippen molar-refractivity contribution < 1.29 is 14.3 Å². The van der Waals surface area contributed by atoms with Crippen LogP contribution in [0.15, 0.2) is 52.0 Å². The Morgan fingerprint density at radius 1 is 1.29 bits per heavy atom. The van der Waals surface area contributed by atoms with Crippen molar-refractivity contribution in [2.45, 2.75) is 13.0 Å². The summed E-state index contributed by atoms with van der Waals surface area (Å²) >= 11 is 9.18. The van der Waals surface area contributed by atoms with Crippen molar-refractivity contribution in [3.63, 3.8) is 0 Å². The standard InChI is InChI=1S/C17H16BrClN2O3/c1-11(24-15-6-4-14(19)5-7-15)17(22)21-20-10-12-9-13(18)3-8-16(12)23-2/h3-11H,1-2H3,(H,21,22)/b20-10-/t11-/m0/s1. The van der Waals surface area contributed by atoms with Crippen LogP contribution in [0.2, 0.25) is 5.02 Å². The van der Waals surface area contributed by atoms with Crippen LogP contribution < -0.4 is 14.9 Å². The Bertz CT molecular complexity index is 735. The Morgan fingerprint density at radius 3 is 2.67 bits per heavy atom. The minimum atomic E-state index is -0.701. The average molecular weight is 412 g/mol. The molecule has 0 aliphatic carbocycles. The van der Waals surface area contributed by atoms with Crippen LogP contribution in [0.5, 0.6) is 11.5 Å². The highest BCUT2D eigenvalue weighted by atomic mass is 79.9. The number of halogens is 2. The SMILES string of the molecule is COc1ccc(Br)cc1/C=N\NC(=O)[C@H](C)Oc1ccc(Cl)cc1. The molecule has 24 heavy (non-hydrogen) atoms. The predicted molar refractivity (Wildman–Crippen MR) is 98.0 cm³/mol. The molecule has 0 aromatic heterocycles. The summed E-state index contributed by atoms with van der Waals surface area (Å²) in [6.07, 6.45) is 0.809. The highest BCUT2D eigenvalue weighted by molar-refractivity contribution is 9.10. The Hall–Kier alpha value is -2.05. The van der Waals surface area contributed by atoms with Gasteiger partial charge in [0.2, 0.25) is 0 Å². The van der Waals surface area contributed by atoms with Crippen LogP contribution in [0.1, 0.15) is 12.5 Å². The molecule has 2 aromatic carbocycles. The zero-order valence-corrected chi connectivity index (χ0v) is 15.5. The molecule has 0 aliphatic heterocycles. The largest absolute Gasteiger partial charge is 0.496 e. The number of hydrazone groups is 1. The Balaban J connectivity index is 1.94. The topological polar surface area (TPSA) is 59.9 Å². The highest BCUT2D eigenvalue weighted by Crippen LogP contribution is 2.21. The van der Waals surface area contributed by atoms with Gasteiger partial charge in [0.1, 0.15) is 11.5 Å². The van der Waals surface area contributed by atoms with Crippen LogP contribution in [0.25, 0.3) is 0 Å². The second kappa shape index (κ2) is 8.70.